The van der Waals surface area contributed by atoms with Crippen LogP contribution in [0.1, 0.15) is 5.56 Å². The number of hydrogen-bond acceptors (Lipinski definition) is 1. The van der Waals surface area contributed by atoms with Crippen LogP contribution in [0.3, 0.4) is 0 Å². The number of ether oxygens (including phenoxy) is 1. The Balaban J connectivity index is 0.000000810. The Kier molecular flexibility index (Phi) is 4.18. The fourth-order valence-corrected chi connectivity index (χ4v) is 0.626. The molecule has 0 fully saturated rings. The van der Waals surface area contributed by atoms with E-state index in [1.54, 1.807) is 7.11 Å². The number of rotatable bonds is 1. The van der Waals surface area contributed by atoms with Gasteiger partial charge < -0.3 is 4.74 Å². The van der Waals surface area contributed by atoms with Gasteiger partial charge in [-0.1, -0.05) is 12.1 Å². The molecule has 1 nitrogen and oxygen atoms in total. The second-order valence-electron chi connectivity index (χ2n) is 1.85. The van der Waals surface area contributed by atoms with Crippen molar-refractivity contribution in [3.63, 3.8) is 0 Å². The van der Waals surface area contributed by atoms with E-state index in [0.717, 1.165) is 11.3 Å². The van der Waals surface area contributed by atoms with Gasteiger partial charge in [0.1, 0.15) is 0 Å². The summed E-state index contributed by atoms with van der Waals surface area (Å²) in [6.07, 6.45) is 0. The molecule has 10 heavy (non-hydrogen) atoms. The summed E-state index contributed by atoms with van der Waals surface area (Å²) in [5.41, 5.74) is 1.01. The Hall–Kier alpha value is -0.448. The van der Waals surface area contributed by atoms with Crippen LogP contribution in [0, 0.1) is 6.92 Å². The standard InChI is InChI=1S/C8H9O.Pd/c1-7-3-5-8(9-2)6-4-7;/h3-6H,1H2,2H3;/q-1;. The van der Waals surface area contributed by atoms with Gasteiger partial charge in [-0.2, -0.15) is 24.6 Å². The van der Waals surface area contributed by atoms with E-state index in [4.69, 9.17) is 4.74 Å². The Morgan fingerprint density at radius 2 is 1.70 bits per heavy atom. The Morgan fingerprint density at radius 3 is 2.10 bits per heavy atom. The average Bonchev–Trinajstić information content (AvgIpc) is 1.90. The minimum Gasteiger partial charge on any atom is -0.499 e. The maximum atomic E-state index is 4.94. The minimum absolute atomic E-state index is 0. The molecular weight excluding hydrogens is 219 g/mol. The van der Waals surface area contributed by atoms with Crippen molar-refractivity contribution in [1.29, 1.82) is 0 Å². The van der Waals surface area contributed by atoms with Gasteiger partial charge in [-0.15, -0.1) is 0 Å². The molecule has 0 bridgehead atoms. The van der Waals surface area contributed by atoms with Gasteiger partial charge in [0.15, 0.2) is 0 Å². The summed E-state index contributed by atoms with van der Waals surface area (Å²) in [6, 6.07) is 7.61. The van der Waals surface area contributed by atoms with Crippen molar-refractivity contribution in [2.45, 2.75) is 0 Å². The molecule has 0 saturated carbocycles. The van der Waals surface area contributed by atoms with Crippen LogP contribution in [0.5, 0.6) is 5.75 Å². The second-order valence-corrected chi connectivity index (χ2v) is 1.85. The Bertz CT molecular complexity index is 181. The smallest absolute Gasteiger partial charge is 0.0943 e. The zero-order valence-corrected chi connectivity index (χ0v) is 7.30. The van der Waals surface area contributed by atoms with Crippen molar-refractivity contribution in [1.82, 2.24) is 0 Å². The van der Waals surface area contributed by atoms with E-state index in [2.05, 4.69) is 6.92 Å². The summed E-state index contributed by atoms with van der Waals surface area (Å²) >= 11 is 0. The topological polar surface area (TPSA) is 9.23 Å². The summed E-state index contributed by atoms with van der Waals surface area (Å²) in [6.45, 7) is 3.74. The van der Waals surface area contributed by atoms with Crippen LogP contribution in [-0.4, -0.2) is 7.11 Å². The van der Waals surface area contributed by atoms with E-state index >= 15 is 0 Å². The molecule has 0 aliphatic rings. The predicted octanol–water partition coefficient (Wildman–Crippen LogP) is 1.87. The maximum absolute atomic E-state index is 4.94. The molecule has 0 aromatic heterocycles. The molecule has 58 valence electrons. The maximum Gasteiger partial charge on any atom is 0.0943 e. The van der Waals surface area contributed by atoms with E-state index in [-0.39, 0.29) is 20.4 Å². The van der Waals surface area contributed by atoms with Crippen molar-refractivity contribution < 1.29 is 25.2 Å². The van der Waals surface area contributed by atoms with Crippen LogP contribution in [-0.2, 0) is 20.4 Å². The molecule has 1 aromatic rings. The van der Waals surface area contributed by atoms with Crippen molar-refractivity contribution in [2.75, 3.05) is 7.11 Å². The van der Waals surface area contributed by atoms with Gasteiger partial charge in [0.25, 0.3) is 0 Å². The van der Waals surface area contributed by atoms with Gasteiger partial charge in [0, 0.05) is 20.4 Å². The largest absolute Gasteiger partial charge is 0.499 e. The van der Waals surface area contributed by atoms with E-state index in [1.165, 1.54) is 0 Å². The number of hydrogen-bond donors (Lipinski definition) is 0. The fourth-order valence-electron chi connectivity index (χ4n) is 0.626. The van der Waals surface area contributed by atoms with Gasteiger partial charge in [0.2, 0.25) is 0 Å². The van der Waals surface area contributed by atoms with Crippen LogP contribution < -0.4 is 4.74 Å². The zero-order valence-electron chi connectivity index (χ0n) is 5.74. The molecular formula is C8H9OPd-. The van der Waals surface area contributed by atoms with Crippen LogP contribution in [0.15, 0.2) is 24.3 Å². The molecule has 0 aliphatic heterocycles. The van der Waals surface area contributed by atoms with E-state index in [1.807, 2.05) is 24.3 Å². The van der Waals surface area contributed by atoms with Gasteiger partial charge in [-0.25, -0.2) is 0 Å². The van der Waals surface area contributed by atoms with Crippen molar-refractivity contribution >= 4 is 0 Å². The molecule has 0 aliphatic carbocycles. The summed E-state index contributed by atoms with van der Waals surface area (Å²) in [4.78, 5) is 0. The zero-order chi connectivity index (χ0) is 6.69. The Labute approximate surface area is 75.1 Å². The van der Waals surface area contributed by atoms with Crippen LogP contribution in [0.2, 0.25) is 0 Å². The molecule has 0 atom stereocenters. The van der Waals surface area contributed by atoms with Gasteiger partial charge >= 0.3 is 0 Å². The van der Waals surface area contributed by atoms with E-state index in [9.17, 15) is 0 Å². The summed E-state index contributed by atoms with van der Waals surface area (Å²) in [5.74, 6) is 0.877. The monoisotopic (exact) mass is 227 g/mol. The molecule has 2 heteroatoms. The van der Waals surface area contributed by atoms with E-state index in [0.29, 0.717) is 0 Å². The molecule has 0 radical (unpaired) electrons. The first-order chi connectivity index (χ1) is 4.33. The molecule has 1 rings (SSSR count). The third-order valence-electron chi connectivity index (χ3n) is 1.16. The minimum atomic E-state index is 0. The third kappa shape index (κ3) is 2.43. The first-order valence-corrected chi connectivity index (χ1v) is 2.79. The van der Waals surface area contributed by atoms with Crippen LogP contribution in [0.25, 0.3) is 0 Å². The molecule has 1 aromatic carbocycles. The number of benzene rings is 1. The van der Waals surface area contributed by atoms with E-state index < -0.39 is 0 Å². The van der Waals surface area contributed by atoms with Crippen LogP contribution >= 0.6 is 0 Å². The summed E-state index contributed by atoms with van der Waals surface area (Å²) < 4.78 is 4.94. The molecule has 0 heterocycles. The van der Waals surface area contributed by atoms with Crippen molar-refractivity contribution in [3.05, 3.63) is 36.8 Å². The first kappa shape index (κ1) is 9.55. The average molecular weight is 228 g/mol. The molecule has 0 saturated heterocycles. The van der Waals surface area contributed by atoms with Gasteiger partial charge in [0.05, 0.1) is 12.9 Å². The quantitative estimate of drug-likeness (QED) is 0.526. The molecule has 0 amide bonds. The first-order valence-electron chi connectivity index (χ1n) is 2.79. The number of methoxy groups -OCH3 is 1. The molecule has 0 spiro atoms. The molecule has 0 unspecified atom stereocenters. The SMILES string of the molecule is [CH2-]c1ccc(OC)cc1.[Pd]. The van der Waals surface area contributed by atoms with Crippen molar-refractivity contribution in [3.8, 4) is 5.75 Å². The summed E-state index contributed by atoms with van der Waals surface area (Å²) in [5, 5.41) is 0. The van der Waals surface area contributed by atoms with Gasteiger partial charge in [-0.3, -0.25) is 0 Å². The Morgan fingerprint density at radius 1 is 1.20 bits per heavy atom. The van der Waals surface area contributed by atoms with Gasteiger partial charge in [-0.05, 0) is 0 Å². The second kappa shape index (κ2) is 4.38. The van der Waals surface area contributed by atoms with Crippen molar-refractivity contribution in [2.24, 2.45) is 0 Å². The predicted molar refractivity (Wildman–Crippen MR) is 37.5 cm³/mol. The summed E-state index contributed by atoms with van der Waals surface area (Å²) in [7, 11) is 1.65. The normalized spacial score (nSPS) is 8.10. The third-order valence-corrected chi connectivity index (χ3v) is 1.16. The van der Waals surface area contributed by atoms with Crippen LogP contribution in [0.4, 0.5) is 0 Å². The fraction of sp³-hybridized carbons (Fsp3) is 0.125. The molecule has 0 N–H and O–H groups in total.